The Balaban J connectivity index is 2.60. The summed E-state index contributed by atoms with van der Waals surface area (Å²) in [4.78, 5) is 11.6. The molecule has 1 aromatic carbocycles. The number of rotatable bonds is 0. The van der Waals surface area contributed by atoms with Crippen LogP contribution in [0.25, 0.3) is 0 Å². The molecular formula is C9H7BrClNO2. The zero-order valence-electron chi connectivity index (χ0n) is 7.09. The van der Waals surface area contributed by atoms with E-state index in [0.717, 1.165) is 4.47 Å². The molecule has 0 aromatic heterocycles. The average molecular weight is 277 g/mol. The van der Waals surface area contributed by atoms with E-state index in [0.29, 0.717) is 16.3 Å². The Kier molecular flexibility index (Phi) is 2.51. The number of benzene rings is 1. The summed E-state index contributed by atoms with van der Waals surface area (Å²) in [7, 11) is 0. The van der Waals surface area contributed by atoms with Crippen LogP contribution in [0, 0.1) is 0 Å². The van der Waals surface area contributed by atoms with Gasteiger partial charge in [-0.25, -0.2) is 0 Å². The third-order valence-corrected chi connectivity index (χ3v) is 2.76. The largest absolute Gasteiger partial charge is 0.489 e. The summed E-state index contributed by atoms with van der Waals surface area (Å²) >= 11 is 9.17. The van der Waals surface area contributed by atoms with Crippen LogP contribution in [0.5, 0.6) is 5.75 Å². The molecule has 14 heavy (non-hydrogen) atoms. The van der Waals surface area contributed by atoms with Gasteiger partial charge in [0.1, 0.15) is 18.4 Å². The number of carbonyl (C=O) groups is 1. The Hall–Kier alpha value is -0.580. The second-order valence-corrected chi connectivity index (χ2v) is 4.37. The lowest BCUT2D eigenvalue weighted by Crippen LogP contribution is -2.40. The summed E-state index contributed by atoms with van der Waals surface area (Å²) in [6, 6.07) is 2.76. The third kappa shape index (κ3) is 1.54. The van der Waals surface area contributed by atoms with Gasteiger partial charge >= 0.3 is 0 Å². The zero-order chi connectivity index (χ0) is 10.3. The summed E-state index contributed by atoms with van der Waals surface area (Å²) in [5, 5.41) is 0.426. The van der Waals surface area contributed by atoms with E-state index in [1.807, 2.05) is 0 Å². The first-order valence-electron chi connectivity index (χ1n) is 4.01. The Labute approximate surface area is 94.3 Å². The Bertz CT molecular complexity index is 408. The van der Waals surface area contributed by atoms with Crippen LogP contribution in [-0.2, 0) is 0 Å². The summed E-state index contributed by atoms with van der Waals surface area (Å²) in [6.45, 7) is 0.188. The van der Waals surface area contributed by atoms with Gasteiger partial charge in [-0.15, -0.1) is 0 Å². The van der Waals surface area contributed by atoms with Crippen molar-refractivity contribution < 1.29 is 9.53 Å². The molecule has 1 aliphatic rings. The smallest absolute Gasteiger partial charge is 0.186 e. The highest BCUT2D eigenvalue weighted by Gasteiger charge is 2.27. The van der Waals surface area contributed by atoms with Gasteiger partial charge in [-0.3, -0.25) is 4.79 Å². The summed E-state index contributed by atoms with van der Waals surface area (Å²) in [6.07, 6.45) is 0. The Morgan fingerprint density at radius 2 is 2.29 bits per heavy atom. The quantitative estimate of drug-likeness (QED) is 0.788. The molecule has 0 bridgehead atoms. The predicted octanol–water partition coefficient (Wildman–Crippen LogP) is 2.00. The standard InChI is InChI=1S/C9H7BrClNO2/c10-4-1-5-8(13)7(12)3-14-9(5)6(11)2-4/h1-2,7H,3,12H2. The monoisotopic (exact) mass is 275 g/mol. The van der Waals surface area contributed by atoms with Crippen molar-refractivity contribution in [2.45, 2.75) is 6.04 Å². The van der Waals surface area contributed by atoms with Crippen molar-refractivity contribution >= 4 is 33.3 Å². The molecule has 0 spiro atoms. The summed E-state index contributed by atoms with van der Waals surface area (Å²) < 4.78 is 6.04. The van der Waals surface area contributed by atoms with Crippen molar-refractivity contribution in [3.63, 3.8) is 0 Å². The lowest BCUT2D eigenvalue weighted by molar-refractivity contribution is 0.0899. The van der Waals surface area contributed by atoms with Crippen LogP contribution in [-0.4, -0.2) is 18.4 Å². The molecule has 0 radical (unpaired) electrons. The first-order valence-corrected chi connectivity index (χ1v) is 5.18. The van der Waals surface area contributed by atoms with Crippen LogP contribution in [0.4, 0.5) is 0 Å². The fourth-order valence-corrected chi connectivity index (χ4v) is 2.20. The molecule has 5 heteroatoms. The molecule has 1 aliphatic heterocycles. The molecule has 2 N–H and O–H groups in total. The number of halogens is 2. The first kappa shape index (κ1) is 9.96. The maximum atomic E-state index is 11.6. The maximum Gasteiger partial charge on any atom is 0.186 e. The molecule has 1 unspecified atom stereocenters. The minimum absolute atomic E-state index is 0.130. The summed E-state index contributed by atoms with van der Waals surface area (Å²) in [5.41, 5.74) is 6.01. The van der Waals surface area contributed by atoms with Crippen LogP contribution in [0.1, 0.15) is 10.4 Å². The molecule has 1 heterocycles. The van der Waals surface area contributed by atoms with Gasteiger partial charge in [0.25, 0.3) is 0 Å². The van der Waals surface area contributed by atoms with Crippen molar-refractivity contribution in [2.24, 2.45) is 5.73 Å². The van der Waals surface area contributed by atoms with Gasteiger partial charge in [0, 0.05) is 4.47 Å². The van der Waals surface area contributed by atoms with E-state index < -0.39 is 6.04 Å². The number of hydrogen-bond donors (Lipinski definition) is 1. The molecule has 3 nitrogen and oxygen atoms in total. The average Bonchev–Trinajstić information content (AvgIpc) is 2.12. The minimum Gasteiger partial charge on any atom is -0.489 e. The maximum absolute atomic E-state index is 11.6. The van der Waals surface area contributed by atoms with Crippen LogP contribution < -0.4 is 10.5 Å². The summed E-state index contributed by atoms with van der Waals surface area (Å²) in [5.74, 6) is 0.302. The second-order valence-electron chi connectivity index (χ2n) is 3.05. The lowest BCUT2D eigenvalue weighted by Gasteiger charge is -2.22. The molecule has 0 saturated carbocycles. The van der Waals surface area contributed by atoms with Crippen molar-refractivity contribution in [3.05, 3.63) is 27.2 Å². The zero-order valence-corrected chi connectivity index (χ0v) is 9.43. The highest BCUT2D eigenvalue weighted by atomic mass is 79.9. The van der Waals surface area contributed by atoms with Crippen LogP contribution in [0.3, 0.4) is 0 Å². The van der Waals surface area contributed by atoms with Gasteiger partial charge in [-0.2, -0.15) is 0 Å². The fraction of sp³-hybridized carbons (Fsp3) is 0.222. The van der Waals surface area contributed by atoms with Gasteiger partial charge < -0.3 is 10.5 Å². The van der Waals surface area contributed by atoms with E-state index in [1.54, 1.807) is 12.1 Å². The number of hydrogen-bond acceptors (Lipinski definition) is 3. The van der Waals surface area contributed by atoms with E-state index in [1.165, 1.54) is 0 Å². The van der Waals surface area contributed by atoms with Gasteiger partial charge in [-0.05, 0) is 12.1 Å². The van der Waals surface area contributed by atoms with Gasteiger partial charge in [0.05, 0.1) is 10.6 Å². The molecule has 2 rings (SSSR count). The molecule has 0 saturated heterocycles. The molecule has 74 valence electrons. The van der Waals surface area contributed by atoms with Crippen molar-refractivity contribution in [1.82, 2.24) is 0 Å². The van der Waals surface area contributed by atoms with Crippen molar-refractivity contribution in [2.75, 3.05) is 6.61 Å². The minimum atomic E-state index is -0.590. The highest BCUT2D eigenvalue weighted by molar-refractivity contribution is 9.10. The van der Waals surface area contributed by atoms with Crippen molar-refractivity contribution in [3.8, 4) is 5.75 Å². The third-order valence-electron chi connectivity index (χ3n) is 2.02. The molecule has 0 aliphatic carbocycles. The van der Waals surface area contributed by atoms with E-state index in [-0.39, 0.29) is 12.4 Å². The second kappa shape index (κ2) is 3.53. The Morgan fingerprint density at radius 3 is 3.00 bits per heavy atom. The molecule has 1 atom stereocenters. The normalized spacial score (nSPS) is 20.2. The SMILES string of the molecule is NC1COc2c(Cl)cc(Br)cc2C1=O. The van der Waals surface area contributed by atoms with E-state index in [2.05, 4.69) is 15.9 Å². The van der Waals surface area contributed by atoms with E-state index in [9.17, 15) is 4.79 Å². The van der Waals surface area contributed by atoms with E-state index >= 15 is 0 Å². The number of ketones is 1. The van der Waals surface area contributed by atoms with Gasteiger partial charge in [0.15, 0.2) is 5.78 Å². The predicted molar refractivity (Wildman–Crippen MR) is 57.0 cm³/mol. The Morgan fingerprint density at radius 1 is 1.57 bits per heavy atom. The first-order chi connectivity index (χ1) is 6.59. The van der Waals surface area contributed by atoms with Crippen LogP contribution in [0.15, 0.2) is 16.6 Å². The van der Waals surface area contributed by atoms with Crippen molar-refractivity contribution in [1.29, 1.82) is 0 Å². The van der Waals surface area contributed by atoms with Crippen LogP contribution >= 0.6 is 27.5 Å². The number of nitrogens with two attached hydrogens (primary N) is 1. The highest BCUT2D eigenvalue weighted by Crippen LogP contribution is 2.35. The molecule has 1 aromatic rings. The molecular weight excluding hydrogens is 269 g/mol. The number of ether oxygens (including phenoxy) is 1. The topological polar surface area (TPSA) is 52.3 Å². The fourth-order valence-electron chi connectivity index (χ4n) is 1.34. The van der Waals surface area contributed by atoms with Gasteiger partial charge in [0.2, 0.25) is 0 Å². The lowest BCUT2D eigenvalue weighted by atomic mass is 10.0. The number of carbonyl (C=O) groups excluding carboxylic acids is 1. The van der Waals surface area contributed by atoms with Crippen LogP contribution in [0.2, 0.25) is 5.02 Å². The molecule has 0 fully saturated rings. The van der Waals surface area contributed by atoms with Gasteiger partial charge in [-0.1, -0.05) is 27.5 Å². The number of Topliss-reactive ketones (excluding diaryl/α,β-unsaturated/α-hetero) is 1. The van der Waals surface area contributed by atoms with E-state index in [4.69, 9.17) is 22.1 Å². The molecule has 0 amide bonds. The number of fused-ring (bicyclic) bond motifs is 1.